The van der Waals surface area contributed by atoms with E-state index in [2.05, 4.69) is 15.0 Å². The minimum atomic E-state index is -3.83. The van der Waals surface area contributed by atoms with Gasteiger partial charge in [-0.1, -0.05) is 11.8 Å². The van der Waals surface area contributed by atoms with Gasteiger partial charge in [0.05, 0.1) is 17.3 Å². The molecule has 1 saturated heterocycles. The Balaban J connectivity index is 1.54. The number of carbonyl (C=O) groups is 2. The highest BCUT2D eigenvalue weighted by atomic mass is 32.2. The number of hydrogen-bond donors (Lipinski definition) is 2. The Hall–Kier alpha value is -2.43. The van der Waals surface area contributed by atoms with Gasteiger partial charge in [0.2, 0.25) is 0 Å². The van der Waals surface area contributed by atoms with Crippen LogP contribution in [-0.2, 0) is 14.8 Å². The molecule has 1 fully saturated rings. The van der Waals surface area contributed by atoms with E-state index in [-0.39, 0.29) is 27.4 Å². The molecule has 0 radical (unpaired) electrons. The number of nitrogens with one attached hydrogen (secondary N) is 2. The Morgan fingerprint density at radius 2 is 2.00 bits per heavy atom. The van der Waals surface area contributed by atoms with E-state index in [0.29, 0.717) is 24.0 Å². The van der Waals surface area contributed by atoms with Gasteiger partial charge in [0.15, 0.2) is 10.9 Å². The van der Waals surface area contributed by atoms with E-state index in [0.717, 1.165) is 31.1 Å². The smallest absolute Gasteiger partial charge is 0.263 e. The predicted molar refractivity (Wildman–Crippen MR) is 120 cm³/mol. The van der Waals surface area contributed by atoms with Crippen LogP contribution >= 0.6 is 11.8 Å². The number of nitrogens with zero attached hydrogens (tertiary/aromatic N) is 1. The van der Waals surface area contributed by atoms with Crippen LogP contribution in [0.1, 0.15) is 36.5 Å². The maximum absolute atomic E-state index is 12.6. The molecule has 1 atom stereocenters. The lowest BCUT2D eigenvalue weighted by atomic mass is 10.2. The zero-order valence-electron chi connectivity index (χ0n) is 17.2. The molecule has 10 heteroatoms. The van der Waals surface area contributed by atoms with Crippen LogP contribution in [0.3, 0.4) is 0 Å². The third-order valence-corrected chi connectivity index (χ3v) is 6.95. The molecule has 2 aromatic rings. The standard InChI is InChI=1S/C21H25N3O5S2/c1-15(25)30-14-20(26)16-4-9-21(23-13-16)24-31(27,28)19-7-5-18(6-8-19)29-12-10-17-3-2-11-22-17/h4-9,13,17,22H,2-3,10-12,14H2,1H3,(H,23,24). The molecule has 166 valence electrons. The van der Waals surface area contributed by atoms with Crippen molar-refractivity contribution in [2.45, 2.75) is 37.1 Å². The SMILES string of the molecule is CC(=O)SCC(=O)c1ccc(NS(=O)(=O)c2ccc(OCCC3CCCN3)cc2)nc1. The molecule has 2 N–H and O–H groups in total. The summed E-state index contributed by atoms with van der Waals surface area (Å²) in [6, 6.07) is 9.58. The topological polar surface area (TPSA) is 114 Å². The molecular weight excluding hydrogens is 438 g/mol. The van der Waals surface area contributed by atoms with E-state index in [4.69, 9.17) is 4.74 Å². The summed E-state index contributed by atoms with van der Waals surface area (Å²) in [5.41, 5.74) is 0.311. The lowest BCUT2D eigenvalue weighted by Gasteiger charge is -2.12. The molecule has 1 aromatic heterocycles. The van der Waals surface area contributed by atoms with E-state index >= 15 is 0 Å². The van der Waals surface area contributed by atoms with Crippen LogP contribution in [0.2, 0.25) is 0 Å². The average Bonchev–Trinajstić information content (AvgIpc) is 3.26. The average molecular weight is 464 g/mol. The first-order valence-electron chi connectivity index (χ1n) is 9.95. The summed E-state index contributed by atoms with van der Waals surface area (Å²) in [7, 11) is -3.83. The van der Waals surface area contributed by atoms with Crippen molar-refractivity contribution in [3.05, 3.63) is 48.2 Å². The Labute approximate surface area is 186 Å². The van der Waals surface area contributed by atoms with Crippen molar-refractivity contribution in [3.8, 4) is 5.75 Å². The first kappa shape index (κ1) is 23.2. The Kier molecular flexibility index (Phi) is 8.05. The van der Waals surface area contributed by atoms with Gasteiger partial charge in [-0.2, -0.15) is 0 Å². The maximum atomic E-state index is 12.6. The molecule has 0 spiro atoms. The summed E-state index contributed by atoms with van der Waals surface area (Å²) in [4.78, 5) is 27.0. The number of pyridine rings is 1. The van der Waals surface area contributed by atoms with Gasteiger partial charge in [0.1, 0.15) is 11.6 Å². The van der Waals surface area contributed by atoms with Gasteiger partial charge in [-0.05, 0) is 62.2 Å². The highest BCUT2D eigenvalue weighted by Crippen LogP contribution is 2.20. The Morgan fingerprint density at radius 3 is 2.61 bits per heavy atom. The lowest BCUT2D eigenvalue weighted by molar-refractivity contribution is -0.109. The first-order chi connectivity index (χ1) is 14.8. The molecule has 0 amide bonds. The third kappa shape index (κ3) is 7.05. The number of aromatic nitrogens is 1. The molecule has 1 aromatic carbocycles. The summed E-state index contributed by atoms with van der Waals surface area (Å²) in [6.07, 6.45) is 4.56. The van der Waals surface area contributed by atoms with E-state index < -0.39 is 10.0 Å². The molecule has 3 rings (SSSR count). The van der Waals surface area contributed by atoms with E-state index in [1.165, 1.54) is 43.8 Å². The predicted octanol–water partition coefficient (Wildman–Crippen LogP) is 2.87. The molecular formula is C21H25N3O5S2. The maximum Gasteiger partial charge on any atom is 0.263 e. The van der Waals surface area contributed by atoms with Crippen molar-refractivity contribution in [1.29, 1.82) is 0 Å². The fourth-order valence-electron chi connectivity index (χ4n) is 3.10. The van der Waals surface area contributed by atoms with Gasteiger partial charge in [-0.3, -0.25) is 14.3 Å². The van der Waals surface area contributed by atoms with Gasteiger partial charge in [0, 0.05) is 24.7 Å². The molecule has 31 heavy (non-hydrogen) atoms. The van der Waals surface area contributed by atoms with Crippen LogP contribution in [0.15, 0.2) is 47.5 Å². The van der Waals surface area contributed by atoms with E-state index in [1.54, 1.807) is 12.1 Å². The van der Waals surface area contributed by atoms with Crippen molar-refractivity contribution in [2.75, 3.05) is 23.6 Å². The Morgan fingerprint density at radius 1 is 1.23 bits per heavy atom. The van der Waals surface area contributed by atoms with Crippen molar-refractivity contribution in [2.24, 2.45) is 0 Å². The molecule has 0 saturated carbocycles. The van der Waals surface area contributed by atoms with Crippen molar-refractivity contribution in [1.82, 2.24) is 10.3 Å². The first-order valence-corrected chi connectivity index (χ1v) is 12.4. The number of carbonyl (C=O) groups excluding carboxylic acids is 2. The number of Topliss-reactive ketones (excluding diaryl/α,β-unsaturated/α-hetero) is 1. The second-order valence-corrected chi connectivity index (χ2v) is 9.98. The molecule has 1 aliphatic rings. The molecule has 1 unspecified atom stereocenters. The van der Waals surface area contributed by atoms with Crippen LogP contribution in [-0.4, -0.2) is 49.2 Å². The molecule has 8 nitrogen and oxygen atoms in total. The van der Waals surface area contributed by atoms with Crippen LogP contribution in [0.4, 0.5) is 5.82 Å². The van der Waals surface area contributed by atoms with Gasteiger partial charge in [0.25, 0.3) is 10.0 Å². The number of ketones is 1. The normalized spacial score (nSPS) is 16.1. The highest BCUT2D eigenvalue weighted by molar-refractivity contribution is 8.14. The van der Waals surface area contributed by atoms with Gasteiger partial charge >= 0.3 is 0 Å². The summed E-state index contributed by atoms with van der Waals surface area (Å²) in [6.45, 7) is 3.01. The molecule has 2 heterocycles. The van der Waals surface area contributed by atoms with Gasteiger partial charge < -0.3 is 10.1 Å². The van der Waals surface area contributed by atoms with E-state index in [1.807, 2.05) is 0 Å². The van der Waals surface area contributed by atoms with Crippen LogP contribution < -0.4 is 14.8 Å². The highest BCUT2D eigenvalue weighted by Gasteiger charge is 2.17. The molecule has 1 aliphatic heterocycles. The monoisotopic (exact) mass is 463 g/mol. The fraction of sp³-hybridized carbons (Fsp3) is 0.381. The molecule has 0 bridgehead atoms. The second-order valence-electron chi connectivity index (χ2n) is 7.14. The van der Waals surface area contributed by atoms with Crippen LogP contribution in [0.5, 0.6) is 5.75 Å². The fourth-order valence-corrected chi connectivity index (χ4v) is 4.61. The summed E-state index contributed by atoms with van der Waals surface area (Å²) in [5, 5.41) is 3.26. The number of hydrogen-bond acceptors (Lipinski definition) is 8. The largest absolute Gasteiger partial charge is 0.494 e. The summed E-state index contributed by atoms with van der Waals surface area (Å²) < 4.78 is 33.3. The number of benzene rings is 1. The molecule has 0 aliphatic carbocycles. The van der Waals surface area contributed by atoms with Gasteiger partial charge in [-0.15, -0.1) is 0 Å². The minimum Gasteiger partial charge on any atom is -0.494 e. The summed E-state index contributed by atoms with van der Waals surface area (Å²) in [5.74, 6) is 0.483. The minimum absolute atomic E-state index is 0.0215. The van der Waals surface area contributed by atoms with Crippen LogP contribution in [0.25, 0.3) is 0 Å². The zero-order chi connectivity index (χ0) is 22.3. The second kappa shape index (κ2) is 10.7. The van der Waals surface area contributed by atoms with Crippen molar-refractivity contribution >= 4 is 38.5 Å². The zero-order valence-corrected chi connectivity index (χ0v) is 18.8. The number of ether oxygens (including phenoxy) is 1. The van der Waals surface area contributed by atoms with E-state index in [9.17, 15) is 18.0 Å². The van der Waals surface area contributed by atoms with Gasteiger partial charge in [-0.25, -0.2) is 13.4 Å². The van der Waals surface area contributed by atoms with Crippen molar-refractivity contribution < 1.29 is 22.7 Å². The lowest BCUT2D eigenvalue weighted by Crippen LogP contribution is -2.23. The summed E-state index contributed by atoms with van der Waals surface area (Å²) >= 11 is 0.917. The number of anilines is 1. The quantitative estimate of drug-likeness (QED) is 0.517. The number of sulfonamides is 1. The van der Waals surface area contributed by atoms with Crippen molar-refractivity contribution in [3.63, 3.8) is 0 Å². The Bertz CT molecular complexity index is 1000. The number of rotatable bonds is 10. The van der Waals surface area contributed by atoms with Crippen LogP contribution in [0, 0.1) is 0 Å². The third-order valence-electron chi connectivity index (χ3n) is 4.76. The number of thioether (sulfide) groups is 1.